The fraction of sp³-hybridized carbons (Fsp3) is 0.273. The summed E-state index contributed by atoms with van der Waals surface area (Å²) in [6.07, 6.45) is 0. The summed E-state index contributed by atoms with van der Waals surface area (Å²) in [5.41, 5.74) is 1.37. The number of hydrogen-bond acceptors (Lipinski definition) is 6. The number of hydrogen-bond donors (Lipinski definition) is 2. The van der Waals surface area contributed by atoms with Gasteiger partial charge in [0.2, 0.25) is 5.76 Å². The second-order valence-corrected chi connectivity index (χ2v) is 7.46. The van der Waals surface area contributed by atoms with Crippen molar-refractivity contribution >= 4 is 28.5 Å². The van der Waals surface area contributed by atoms with Gasteiger partial charge in [-0.1, -0.05) is 17.7 Å². The number of phenolic OH excluding ortho intramolecular Hbond substituents is 1. The van der Waals surface area contributed by atoms with Gasteiger partial charge in [0, 0.05) is 11.6 Å². The van der Waals surface area contributed by atoms with Crippen LogP contribution in [0.4, 0.5) is 0 Å². The molecule has 2 aromatic carbocycles. The van der Waals surface area contributed by atoms with E-state index >= 15 is 0 Å². The molecule has 0 bridgehead atoms. The van der Waals surface area contributed by atoms with E-state index in [2.05, 4.69) is 0 Å². The van der Waals surface area contributed by atoms with Gasteiger partial charge in [-0.2, -0.15) is 0 Å². The lowest BCUT2D eigenvalue weighted by Gasteiger charge is -2.24. The Bertz CT molecular complexity index is 1220. The predicted molar refractivity (Wildman–Crippen MR) is 111 cm³/mol. The number of β-amino-alcohol motifs (C(OH)–C–C–N with tert-alkyl or cyclic N) is 1. The minimum atomic E-state index is -0.791. The summed E-state index contributed by atoms with van der Waals surface area (Å²) in [5.74, 6) is -0.351. The van der Waals surface area contributed by atoms with E-state index in [4.69, 9.17) is 20.8 Å². The topological polar surface area (TPSA) is 100 Å². The Morgan fingerprint density at radius 1 is 1.23 bits per heavy atom. The third-order valence-electron chi connectivity index (χ3n) is 5.19. The van der Waals surface area contributed by atoms with Crippen molar-refractivity contribution < 1.29 is 24.2 Å². The number of fused-ring (bicyclic) bond motifs is 2. The van der Waals surface area contributed by atoms with Gasteiger partial charge in [0.15, 0.2) is 16.9 Å². The van der Waals surface area contributed by atoms with Crippen molar-refractivity contribution in [2.75, 3.05) is 19.8 Å². The zero-order chi connectivity index (χ0) is 21.6. The van der Waals surface area contributed by atoms with Crippen LogP contribution in [-0.2, 0) is 0 Å². The second-order valence-electron chi connectivity index (χ2n) is 7.06. The first-order chi connectivity index (χ1) is 14.4. The lowest BCUT2D eigenvalue weighted by molar-refractivity contribution is 0.0691. The maximum absolute atomic E-state index is 13.4. The van der Waals surface area contributed by atoms with E-state index in [0.29, 0.717) is 17.2 Å². The van der Waals surface area contributed by atoms with Gasteiger partial charge < -0.3 is 24.3 Å². The highest BCUT2D eigenvalue weighted by atomic mass is 35.5. The minimum absolute atomic E-state index is 0.00805. The zero-order valence-corrected chi connectivity index (χ0v) is 17.2. The van der Waals surface area contributed by atoms with Gasteiger partial charge in [-0.25, -0.2) is 0 Å². The molecule has 0 fully saturated rings. The summed E-state index contributed by atoms with van der Waals surface area (Å²) < 4.78 is 11.3. The van der Waals surface area contributed by atoms with E-state index in [9.17, 15) is 19.8 Å². The molecule has 0 aliphatic carbocycles. The molecule has 156 valence electrons. The highest BCUT2D eigenvalue weighted by Crippen LogP contribution is 2.40. The fourth-order valence-electron chi connectivity index (χ4n) is 3.80. The summed E-state index contributed by atoms with van der Waals surface area (Å²) in [6.45, 7) is 3.62. The molecular formula is C22H20ClNO6. The highest BCUT2D eigenvalue weighted by molar-refractivity contribution is 6.32. The Kier molecular flexibility index (Phi) is 5.17. The number of phenols is 1. The van der Waals surface area contributed by atoms with Crippen molar-refractivity contribution in [3.05, 3.63) is 68.0 Å². The molecule has 1 aliphatic heterocycles. The molecule has 1 aliphatic rings. The van der Waals surface area contributed by atoms with Crippen molar-refractivity contribution in [1.82, 2.24) is 4.90 Å². The van der Waals surface area contributed by atoms with Crippen molar-refractivity contribution in [2.45, 2.75) is 19.9 Å². The molecule has 30 heavy (non-hydrogen) atoms. The smallest absolute Gasteiger partial charge is 0.290 e. The first-order valence-corrected chi connectivity index (χ1v) is 9.89. The molecule has 0 saturated carbocycles. The Labute approximate surface area is 177 Å². The van der Waals surface area contributed by atoms with E-state index in [1.807, 2.05) is 0 Å². The average molecular weight is 430 g/mol. The van der Waals surface area contributed by atoms with Crippen LogP contribution in [0.5, 0.6) is 11.5 Å². The number of aliphatic hydroxyl groups is 1. The lowest BCUT2D eigenvalue weighted by Crippen LogP contribution is -2.32. The number of carbonyl (C=O) groups excluding carboxylic acids is 1. The van der Waals surface area contributed by atoms with Gasteiger partial charge in [-0.05, 0) is 49.2 Å². The van der Waals surface area contributed by atoms with Crippen LogP contribution in [0.2, 0.25) is 5.02 Å². The molecule has 2 N–H and O–H groups in total. The van der Waals surface area contributed by atoms with Crippen molar-refractivity contribution in [3.8, 4) is 11.5 Å². The monoisotopic (exact) mass is 429 g/mol. The Hall–Kier alpha value is -3.03. The first kappa shape index (κ1) is 20.3. The summed E-state index contributed by atoms with van der Waals surface area (Å²) in [4.78, 5) is 27.9. The SMILES string of the molecule is CCOc1cc([C@@H]2c3c(oc4cc(C)c(Cl)cc4c3=O)C(=O)N2CCO)ccc1O. The fourth-order valence-corrected chi connectivity index (χ4v) is 3.96. The quantitative estimate of drug-likeness (QED) is 0.644. The van der Waals surface area contributed by atoms with Crippen molar-refractivity contribution in [3.63, 3.8) is 0 Å². The molecule has 0 spiro atoms. The molecule has 2 heterocycles. The van der Waals surface area contributed by atoms with Gasteiger partial charge in [0.25, 0.3) is 5.91 Å². The third-order valence-corrected chi connectivity index (χ3v) is 5.59. The van der Waals surface area contributed by atoms with Gasteiger partial charge in [0.1, 0.15) is 5.58 Å². The van der Waals surface area contributed by atoms with Gasteiger partial charge in [0.05, 0.1) is 30.2 Å². The van der Waals surface area contributed by atoms with Gasteiger partial charge >= 0.3 is 0 Å². The molecule has 1 aromatic heterocycles. The predicted octanol–water partition coefficient (Wildman–Crippen LogP) is 3.40. The molecule has 0 saturated heterocycles. The number of ether oxygens (including phenoxy) is 1. The average Bonchev–Trinajstić information content (AvgIpc) is 2.98. The Balaban J connectivity index is 1.99. The number of carbonyl (C=O) groups is 1. The number of aryl methyl sites for hydroxylation is 1. The van der Waals surface area contributed by atoms with Crippen LogP contribution in [0.1, 0.15) is 40.2 Å². The van der Waals surface area contributed by atoms with Crippen LogP contribution in [-0.4, -0.2) is 40.8 Å². The van der Waals surface area contributed by atoms with E-state index in [1.165, 1.54) is 17.0 Å². The first-order valence-electron chi connectivity index (χ1n) is 9.51. The van der Waals surface area contributed by atoms with Crippen molar-refractivity contribution in [2.24, 2.45) is 0 Å². The molecule has 0 radical (unpaired) electrons. The molecule has 1 amide bonds. The van der Waals surface area contributed by atoms with Gasteiger partial charge in [-0.3, -0.25) is 9.59 Å². The maximum atomic E-state index is 13.4. The third kappa shape index (κ3) is 3.11. The number of aliphatic hydroxyl groups excluding tert-OH is 1. The minimum Gasteiger partial charge on any atom is -0.504 e. The largest absolute Gasteiger partial charge is 0.504 e. The van der Waals surface area contributed by atoms with Crippen LogP contribution in [0.25, 0.3) is 11.0 Å². The molecular weight excluding hydrogens is 410 g/mol. The number of benzene rings is 2. The zero-order valence-electron chi connectivity index (χ0n) is 16.4. The number of nitrogens with zero attached hydrogens (tertiary/aromatic N) is 1. The molecule has 1 atom stereocenters. The van der Waals surface area contributed by atoms with Crippen LogP contribution < -0.4 is 10.2 Å². The molecule has 0 unspecified atom stereocenters. The number of amides is 1. The van der Waals surface area contributed by atoms with Gasteiger partial charge in [-0.15, -0.1) is 0 Å². The Morgan fingerprint density at radius 3 is 2.70 bits per heavy atom. The summed E-state index contributed by atoms with van der Waals surface area (Å²) >= 11 is 6.21. The Morgan fingerprint density at radius 2 is 2.00 bits per heavy atom. The number of rotatable bonds is 5. The normalized spacial score (nSPS) is 15.7. The van der Waals surface area contributed by atoms with E-state index in [-0.39, 0.29) is 52.4 Å². The summed E-state index contributed by atoms with van der Waals surface area (Å²) in [7, 11) is 0. The van der Waals surface area contributed by atoms with E-state index in [0.717, 1.165) is 5.56 Å². The molecule has 7 nitrogen and oxygen atoms in total. The summed E-state index contributed by atoms with van der Waals surface area (Å²) in [5, 5.41) is 20.3. The van der Waals surface area contributed by atoms with E-state index < -0.39 is 11.9 Å². The molecule has 4 rings (SSSR count). The molecule has 8 heteroatoms. The standard InChI is InChI=1S/C22H20ClNO6/c1-3-29-17-9-12(4-5-15(17)26)19-18-20(27)13-10-14(23)11(2)8-16(13)30-21(18)22(28)24(19)6-7-25/h4-5,8-10,19,25-26H,3,6-7H2,1-2H3/t19-/m1/s1. The van der Waals surface area contributed by atoms with E-state index in [1.54, 1.807) is 32.0 Å². The summed E-state index contributed by atoms with van der Waals surface area (Å²) in [6, 6.07) is 7.02. The molecule has 3 aromatic rings. The lowest BCUT2D eigenvalue weighted by atomic mass is 9.98. The van der Waals surface area contributed by atoms with Crippen LogP contribution in [0, 0.1) is 6.92 Å². The highest BCUT2D eigenvalue weighted by Gasteiger charge is 2.42. The van der Waals surface area contributed by atoms with Crippen LogP contribution >= 0.6 is 11.6 Å². The van der Waals surface area contributed by atoms with Crippen LogP contribution in [0.3, 0.4) is 0 Å². The number of halogens is 1. The maximum Gasteiger partial charge on any atom is 0.290 e. The van der Waals surface area contributed by atoms with Crippen molar-refractivity contribution in [1.29, 1.82) is 0 Å². The number of aromatic hydroxyl groups is 1. The van der Waals surface area contributed by atoms with Crippen LogP contribution in [0.15, 0.2) is 39.5 Å². The second kappa shape index (κ2) is 7.66.